The summed E-state index contributed by atoms with van der Waals surface area (Å²) >= 11 is 0. The molecule has 8 aromatic carbocycles. The van der Waals surface area contributed by atoms with E-state index in [-0.39, 0.29) is 0 Å². The van der Waals surface area contributed by atoms with Gasteiger partial charge in [0.1, 0.15) is 0 Å². The van der Waals surface area contributed by atoms with E-state index in [9.17, 15) is 9.47 Å². The van der Waals surface area contributed by atoms with Crippen LogP contribution in [-0.2, 0) is 10.8 Å². The molecule has 11 rings (SSSR count). The maximum Gasteiger partial charge on any atom is 0.0991 e. The predicted octanol–water partition coefficient (Wildman–Crippen LogP) is 12.0. The maximum absolute atomic E-state index is 13.7. The fourth-order valence-electron chi connectivity index (χ4n) is 8.57. The summed E-state index contributed by atoms with van der Waals surface area (Å²) in [5.41, 5.74) is 10.5. The van der Waals surface area contributed by atoms with Gasteiger partial charge >= 0.3 is 0 Å². The Hall–Kier alpha value is -7.20. The van der Waals surface area contributed by atoms with Gasteiger partial charge in [-0.2, -0.15) is 5.26 Å². The van der Waals surface area contributed by atoms with E-state index in [0.29, 0.717) is 15.4 Å². The lowest BCUT2D eigenvalue weighted by atomic mass is 10.1. The average Bonchev–Trinajstić information content (AvgIpc) is 3.90. The van der Waals surface area contributed by atoms with Crippen molar-refractivity contribution in [2.75, 3.05) is 0 Å². The van der Waals surface area contributed by atoms with Crippen LogP contribution in [0.2, 0.25) is 0 Å². The van der Waals surface area contributed by atoms with Crippen LogP contribution in [0.3, 0.4) is 0 Å². The Bertz CT molecular complexity index is 3370. The molecule has 11 aromatic rings. The van der Waals surface area contributed by atoms with Gasteiger partial charge in [-0.05, 0) is 103 Å². The molecule has 5 nitrogen and oxygen atoms in total. The summed E-state index contributed by atoms with van der Waals surface area (Å²) in [5.74, 6) is 0. The number of fused-ring (bicyclic) bond motifs is 11. The van der Waals surface area contributed by atoms with Crippen LogP contribution in [0.15, 0.2) is 192 Å². The van der Waals surface area contributed by atoms with Gasteiger partial charge in [-0.15, -0.1) is 0 Å². The van der Waals surface area contributed by atoms with Crippen molar-refractivity contribution >= 4 is 76.2 Å². The minimum Gasteiger partial charge on any atom is -0.309 e. The summed E-state index contributed by atoms with van der Waals surface area (Å²) in [5, 5.41) is 16.4. The zero-order valence-corrected chi connectivity index (χ0v) is 30.2. The molecule has 55 heavy (non-hydrogen) atoms. The summed E-state index contributed by atoms with van der Waals surface area (Å²) in [6.07, 6.45) is 0. The van der Waals surface area contributed by atoms with Gasteiger partial charge in [0.15, 0.2) is 0 Å². The third-order valence-corrected chi connectivity index (χ3v) is 12.3. The minimum atomic E-state index is -1.40. The summed E-state index contributed by atoms with van der Waals surface area (Å²) in [7, 11) is -1.40. The third kappa shape index (κ3) is 4.61. The number of rotatable bonds is 5. The van der Waals surface area contributed by atoms with Gasteiger partial charge in [0.2, 0.25) is 0 Å². The van der Waals surface area contributed by atoms with Crippen molar-refractivity contribution in [1.29, 1.82) is 5.26 Å². The summed E-state index contributed by atoms with van der Waals surface area (Å²) in [6, 6.07) is 64.9. The normalized spacial score (nSPS) is 12.3. The molecule has 0 radical (unpaired) electrons. The topological polar surface area (TPSA) is 55.6 Å². The Kier molecular flexibility index (Phi) is 6.94. The van der Waals surface area contributed by atoms with E-state index in [1.165, 1.54) is 32.4 Å². The molecule has 1 atom stereocenters. The smallest absolute Gasteiger partial charge is 0.0991 e. The molecule has 0 aliphatic carbocycles. The summed E-state index contributed by atoms with van der Waals surface area (Å²) in [6.45, 7) is 0. The molecule has 1 unspecified atom stereocenters. The van der Waals surface area contributed by atoms with Crippen molar-refractivity contribution in [1.82, 2.24) is 13.7 Å². The van der Waals surface area contributed by atoms with Gasteiger partial charge in [0.05, 0.1) is 55.5 Å². The van der Waals surface area contributed by atoms with Crippen LogP contribution in [0.25, 0.3) is 82.5 Å². The van der Waals surface area contributed by atoms with Crippen LogP contribution in [0, 0.1) is 11.3 Å². The fraction of sp³-hybridized carbons (Fsp3) is 0. The molecule has 0 amide bonds. The van der Waals surface area contributed by atoms with E-state index in [4.69, 9.17) is 0 Å². The van der Waals surface area contributed by atoms with E-state index in [0.717, 1.165) is 50.0 Å². The summed E-state index contributed by atoms with van der Waals surface area (Å²) < 4.78 is 20.9. The molecular formula is C49H30N4OS. The number of nitriles is 1. The zero-order chi connectivity index (χ0) is 36.6. The first-order chi connectivity index (χ1) is 27.2. The maximum atomic E-state index is 13.7. The quantitative estimate of drug-likeness (QED) is 0.178. The Labute approximate surface area is 318 Å². The van der Waals surface area contributed by atoms with E-state index in [2.05, 4.69) is 165 Å². The SMILES string of the molecule is N#Cc1ccc(S(=O)c2ccc(-n3c4ccc5c6ccccc6n(-c6ccccc6)c5c4c4ccc5c(c6ccccc6n5-c5ccccc5)c43)cc2)cc1. The molecule has 0 aliphatic heterocycles. The Morgan fingerprint density at radius 3 is 1.49 bits per heavy atom. The molecule has 0 N–H and O–H groups in total. The monoisotopic (exact) mass is 722 g/mol. The average molecular weight is 723 g/mol. The van der Waals surface area contributed by atoms with Crippen molar-refractivity contribution in [3.63, 3.8) is 0 Å². The van der Waals surface area contributed by atoms with Gasteiger partial charge in [0, 0.05) is 59.2 Å². The van der Waals surface area contributed by atoms with Crippen molar-refractivity contribution in [3.8, 4) is 23.1 Å². The van der Waals surface area contributed by atoms with E-state index in [1.54, 1.807) is 24.3 Å². The highest BCUT2D eigenvalue weighted by molar-refractivity contribution is 7.85. The van der Waals surface area contributed by atoms with Crippen LogP contribution >= 0.6 is 0 Å². The molecule has 0 aliphatic rings. The predicted molar refractivity (Wildman–Crippen MR) is 225 cm³/mol. The molecule has 258 valence electrons. The number of hydrogen-bond acceptors (Lipinski definition) is 2. The molecule has 3 aromatic heterocycles. The van der Waals surface area contributed by atoms with Crippen LogP contribution in [0.5, 0.6) is 0 Å². The van der Waals surface area contributed by atoms with Crippen LogP contribution in [0.4, 0.5) is 0 Å². The second-order valence-electron chi connectivity index (χ2n) is 13.8. The van der Waals surface area contributed by atoms with Crippen LogP contribution < -0.4 is 0 Å². The Morgan fingerprint density at radius 2 is 0.836 bits per heavy atom. The number of para-hydroxylation sites is 4. The number of hydrogen-bond donors (Lipinski definition) is 0. The number of benzene rings is 8. The molecule has 0 saturated carbocycles. The van der Waals surface area contributed by atoms with Crippen LogP contribution in [-0.4, -0.2) is 17.9 Å². The highest BCUT2D eigenvalue weighted by Crippen LogP contribution is 2.46. The lowest BCUT2D eigenvalue weighted by Crippen LogP contribution is -1.97. The van der Waals surface area contributed by atoms with Gasteiger partial charge in [-0.1, -0.05) is 78.9 Å². The molecule has 0 saturated heterocycles. The van der Waals surface area contributed by atoms with Crippen molar-refractivity contribution in [2.24, 2.45) is 0 Å². The molecule has 0 spiro atoms. The van der Waals surface area contributed by atoms with Gasteiger partial charge in [-0.25, -0.2) is 4.21 Å². The molecule has 3 heterocycles. The van der Waals surface area contributed by atoms with Crippen molar-refractivity contribution < 1.29 is 4.21 Å². The largest absolute Gasteiger partial charge is 0.309 e. The van der Waals surface area contributed by atoms with Crippen molar-refractivity contribution in [2.45, 2.75) is 9.79 Å². The van der Waals surface area contributed by atoms with Gasteiger partial charge in [-0.3, -0.25) is 0 Å². The first kappa shape index (κ1) is 31.3. The molecule has 0 bridgehead atoms. The number of aromatic nitrogens is 3. The number of nitrogens with zero attached hydrogens (tertiary/aromatic N) is 4. The first-order valence-electron chi connectivity index (χ1n) is 18.3. The second-order valence-corrected chi connectivity index (χ2v) is 15.3. The fourth-order valence-corrected chi connectivity index (χ4v) is 9.61. The van der Waals surface area contributed by atoms with Crippen LogP contribution in [0.1, 0.15) is 5.56 Å². The van der Waals surface area contributed by atoms with E-state index in [1.807, 2.05) is 12.1 Å². The van der Waals surface area contributed by atoms with Gasteiger partial charge < -0.3 is 13.7 Å². The Balaban J connectivity index is 1.28. The third-order valence-electron chi connectivity index (χ3n) is 10.9. The first-order valence-corrected chi connectivity index (χ1v) is 19.4. The molecule has 0 fully saturated rings. The lowest BCUT2D eigenvalue weighted by molar-refractivity contribution is 0.683. The standard InChI is InChI=1S/C49H30N4OS/c50-31-32-19-23-36(24-20-32)55(54)37-25-21-35(22-26-37)53-45-29-27-39-38-15-7-9-17-42(38)52(34-13-5-2-6-14-34)48(39)47(45)41-28-30-44-46(49(41)53)40-16-8-10-18-43(40)51(44)33-11-3-1-4-12-33/h1-30H. The van der Waals surface area contributed by atoms with Gasteiger partial charge in [0.25, 0.3) is 0 Å². The summed E-state index contributed by atoms with van der Waals surface area (Å²) in [4.78, 5) is 1.36. The van der Waals surface area contributed by atoms with E-state index >= 15 is 0 Å². The lowest BCUT2D eigenvalue weighted by Gasteiger charge is -2.11. The molecular weight excluding hydrogens is 693 g/mol. The minimum absolute atomic E-state index is 0.544. The zero-order valence-electron chi connectivity index (χ0n) is 29.4. The van der Waals surface area contributed by atoms with Crippen molar-refractivity contribution in [3.05, 3.63) is 188 Å². The van der Waals surface area contributed by atoms with E-state index < -0.39 is 10.8 Å². The second kappa shape index (κ2) is 12.2. The Morgan fingerprint density at radius 1 is 0.382 bits per heavy atom. The highest BCUT2D eigenvalue weighted by atomic mass is 32.2. The molecule has 6 heteroatoms. The highest BCUT2D eigenvalue weighted by Gasteiger charge is 2.25.